The van der Waals surface area contributed by atoms with E-state index >= 15 is 0 Å². The molecule has 0 bridgehead atoms. The number of halogens is 1. The van der Waals surface area contributed by atoms with Crippen molar-refractivity contribution in [2.45, 2.75) is 5.92 Å². The molecule has 0 saturated heterocycles. The molecule has 0 aromatic heterocycles. The molecule has 1 unspecified atom stereocenters. The first-order valence-corrected chi connectivity index (χ1v) is 7.29. The van der Waals surface area contributed by atoms with Crippen LogP contribution >= 0.6 is 22.6 Å². The number of benzene rings is 2. The lowest BCUT2D eigenvalue weighted by Gasteiger charge is -2.16. The van der Waals surface area contributed by atoms with E-state index in [0.29, 0.717) is 11.3 Å². The number of nitrogens with zero attached hydrogens (tertiary/aromatic N) is 1. The van der Waals surface area contributed by atoms with Crippen molar-refractivity contribution in [1.29, 1.82) is 0 Å². The summed E-state index contributed by atoms with van der Waals surface area (Å²) in [6.45, 7) is 0. The van der Waals surface area contributed by atoms with Crippen LogP contribution in [0.15, 0.2) is 59.8 Å². The van der Waals surface area contributed by atoms with Crippen LogP contribution in [0.3, 0.4) is 0 Å². The van der Waals surface area contributed by atoms with Crippen LogP contribution in [0.4, 0.5) is 5.69 Å². The van der Waals surface area contributed by atoms with Gasteiger partial charge in [-0.3, -0.25) is 4.79 Å². The van der Waals surface area contributed by atoms with Crippen molar-refractivity contribution in [1.82, 2.24) is 0 Å². The van der Waals surface area contributed by atoms with E-state index in [2.05, 4.69) is 33.1 Å². The number of para-hydroxylation sites is 1. The van der Waals surface area contributed by atoms with Gasteiger partial charge in [-0.05, 0) is 40.3 Å². The Hall–Kier alpha value is -2.09. The van der Waals surface area contributed by atoms with Gasteiger partial charge in [0.05, 0.1) is 5.69 Å². The number of rotatable bonds is 4. The number of nitrogens with one attached hydrogen (secondary N) is 1. The predicted octanol–water partition coefficient (Wildman–Crippen LogP) is 2.76. The van der Waals surface area contributed by atoms with Crippen LogP contribution in [0.2, 0.25) is 0 Å². The lowest BCUT2D eigenvalue weighted by Crippen LogP contribution is -2.33. The molecule has 0 heterocycles. The monoisotopic (exact) mass is 395 g/mol. The van der Waals surface area contributed by atoms with Crippen LogP contribution < -0.4 is 11.1 Å². The summed E-state index contributed by atoms with van der Waals surface area (Å²) < 4.78 is 0.912. The summed E-state index contributed by atoms with van der Waals surface area (Å²) in [4.78, 5) is 12.5. The van der Waals surface area contributed by atoms with Crippen molar-refractivity contribution in [2.75, 3.05) is 5.32 Å². The summed E-state index contributed by atoms with van der Waals surface area (Å²) in [5.74, 6) is -1.34. The smallest absolute Gasteiger partial charge is 0.239 e. The Balaban J connectivity index is 2.30. The van der Waals surface area contributed by atoms with Gasteiger partial charge >= 0.3 is 0 Å². The molecule has 1 amide bonds. The van der Waals surface area contributed by atoms with Gasteiger partial charge in [-0.25, -0.2) is 0 Å². The van der Waals surface area contributed by atoms with Gasteiger partial charge in [0.25, 0.3) is 0 Å². The molecule has 2 aromatic carbocycles. The van der Waals surface area contributed by atoms with Gasteiger partial charge in [0.15, 0.2) is 5.84 Å². The standard InChI is InChI=1S/C15H14IN3O2/c16-11-8-4-5-9-12(11)18-15(20)13(14(17)19-21)10-6-2-1-3-7-10/h1-9,13,21H,(H2,17,19)(H,18,20). The Labute approximate surface area is 136 Å². The lowest BCUT2D eigenvalue weighted by molar-refractivity contribution is -0.116. The molecule has 4 N–H and O–H groups in total. The summed E-state index contributed by atoms with van der Waals surface area (Å²) >= 11 is 2.13. The Morgan fingerprint density at radius 1 is 1.14 bits per heavy atom. The molecule has 108 valence electrons. The molecule has 0 saturated carbocycles. The Morgan fingerprint density at radius 3 is 2.38 bits per heavy atom. The molecule has 0 fully saturated rings. The molecule has 0 aliphatic carbocycles. The minimum Gasteiger partial charge on any atom is -0.409 e. The van der Waals surface area contributed by atoms with Gasteiger partial charge in [-0.15, -0.1) is 0 Å². The largest absolute Gasteiger partial charge is 0.409 e. The SMILES string of the molecule is NC(=NO)C(C(=O)Nc1ccccc1I)c1ccccc1. The highest BCUT2D eigenvalue weighted by molar-refractivity contribution is 14.1. The minimum atomic E-state index is -0.841. The van der Waals surface area contributed by atoms with Crippen LogP contribution in [0.1, 0.15) is 11.5 Å². The molecule has 1 atom stereocenters. The molecular formula is C15H14IN3O2. The highest BCUT2D eigenvalue weighted by Crippen LogP contribution is 2.21. The molecular weight excluding hydrogens is 381 g/mol. The number of oxime groups is 1. The van der Waals surface area contributed by atoms with Crippen molar-refractivity contribution in [3.63, 3.8) is 0 Å². The van der Waals surface area contributed by atoms with Crippen LogP contribution in [-0.2, 0) is 4.79 Å². The number of anilines is 1. The fraction of sp³-hybridized carbons (Fsp3) is 0.0667. The van der Waals surface area contributed by atoms with E-state index < -0.39 is 5.92 Å². The van der Waals surface area contributed by atoms with Gasteiger partial charge < -0.3 is 16.3 Å². The van der Waals surface area contributed by atoms with Crippen LogP contribution in [0.5, 0.6) is 0 Å². The average molecular weight is 395 g/mol. The van der Waals surface area contributed by atoms with Crippen molar-refractivity contribution < 1.29 is 10.0 Å². The van der Waals surface area contributed by atoms with Crippen molar-refractivity contribution in [3.8, 4) is 0 Å². The Morgan fingerprint density at radius 2 is 1.76 bits per heavy atom. The number of hydrogen-bond acceptors (Lipinski definition) is 3. The number of carbonyl (C=O) groups excluding carboxylic acids is 1. The summed E-state index contributed by atoms with van der Waals surface area (Å²) in [7, 11) is 0. The molecule has 0 aliphatic heterocycles. The van der Waals surface area contributed by atoms with Gasteiger partial charge in [-0.2, -0.15) is 0 Å². The number of amidine groups is 1. The molecule has 2 rings (SSSR count). The highest BCUT2D eigenvalue weighted by Gasteiger charge is 2.25. The van der Waals surface area contributed by atoms with Crippen LogP contribution in [0.25, 0.3) is 0 Å². The zero-order valence-electron chi connectivity index (χ0n) is 11.0. The van der Waals surface area contributed by atoms with E-state index in [4.69, 9.17) is 10.9 Å². The van der Waals surface area contributed by atoms with E-state index in [9.17, 15) is 4.79 Å². The zero-order chi connectivity index (χ0) is 15.2. The summed E-state index contributed by atoms with van der Waals surface area (Å²) in [6.07, 6.45) is 0. The van der Waals surface area contributed by atoms with Crippen LogP contribution in [0, 0.1) is 3.57 Å². The number of hydrogen-bond donors (Lipinski definition) is 3. The van der Waals surface area contributed by atoms with E-state index in [1.165, 1.54) is 0 Å². The fourth-order valence-corrected chi connectivity index (χ4v) is 2.45. The first kappa shape index (κ1) is 15.3. The van der Waals surface area contributed by atoms with Gasteiger partial charge in [0.1, 0.15) is 5.92 Å². The molecule has 0 spiro atoms. The molecule has 5 nitrogen and oxygen atoms in total. The quantitative estimate of drug-likeness (QED) is 0.245. The Bertz CT molecular complexity index is 659. The fourth-order valence-electron chi connectivity index (χ4n) is 1.93. The second kappa shape index (κ2) is 7.07. The number of amides is 1. The average Bonchev–Trinajstić information content (AvgIpc) is 2.50. The first-order valence-electron chi connectivity index (χ1n) is 6.21. The molecule has 2 aromatic rings. The lowest BCUT2D eigenvalue weighted by atomic mass is 9.97. The molecule has 0 aliphatic rings. The van der Waals surface area contributed by atoms with Crippen molar-refractivity contribution >= 4 is 40.0 Å². The van der Waals surface area contributed by atoms with E-state index in [-0.39, 0.29) is 11.7 Å². The molecule has 0 radical (unpaired) electrons. The maximum Gasteiger partial charge on any atom is 0.239 e. The highest BCUT2D eigenvalue weighted by atomic mass is 127. The molecule has 21 heavy (non-hydrogen) atoms. The van der Waals surface area contributed by atoms with E-state index in [0.717, 1.165) is 3.57 Å². The predicted molar refractivity (Wildman–Crippen MR) is 90.4 cm³/mol. The zero-order valence-corrected chi connectivity index (χ0v) is 13.2. The van der Waals surface area contributed by atoms with Crippen LogP contribution in [-0.4, -0.2) is 17.0 Å². The van der Waals surface area contributed by atoms with Gasteiger partial charge in [-0.1, -0.05) is 47.6 Å². The normalized spacial score (nSPS) is 12.7. The van der Waals surface area contributed by atoms with Crippen molar-refractivity contribution in [3.05, 3.63) is 63.7 Å². The third-order valence-corrected chi connectivity index (χ3v) is 3.88. The summed E-state index contributed by atoms with van der Waals surface area (Å²) in [6, 6.07) is 16.4. The van der Waals surface area contributed by atoms with Gasteiger partial charge in [0, 0.05) is 3.57 Å². The second-order valence-corrected chi connectivity index (χ2v) is 5.50. The second-order valence-electron chi connectivity index (χ2n) is 4.34. The third-order valence-electron chi connectivity index (χ3n) is 2.94. The first-order chi connectivity index (χ1) is 10.1. The van der Waals surface area contributed by atoms with E-state index in [1.54, 1.807) is 30.3 Å². The topological polar surface area (TPSA) is 87.7 Å². The maximum atomic E-state index is 12.5. The third kappa shape index (κ3) is 3.72. The summed E-state index contributed by atoms with van der Waals surface area (Å²) in [5.41, 5.74) is 7.03. The van der Waals surface area contributed by atoms with E-state index in [1.807, 2.05) is 24.3 Å². The minimum absolute atomic E-state index is 0.148. The number of nitrogens with two attached hydrogens (primary N) is 1. The summed E-state index contributed by atoms with van der Waals surface area (Å²) in [5, 5.41) is 14.7. The number of carbonyl (C=O) groups is 1. The molecule has 6 heteroatoms. The van der Waals surface area contributed by atoms with Crippen molar-refractivity contribution in [2.24, 2.45) is 10.9 Å². The Kier molecular flexibility index (Phi) is 5.15. The maximum absolute atomic E-state index is 12.5. The van der Waals surface area contributed by atoms with Gasteiger partial charge in [0.2, 0.25) is 5.91 Å².